The molecule has 1 amide bonds. The minimum absolute atomic E-state index is 0.159. The van der Waals surface area contributed by atoms with Crippen molar-refractivity contribution in [1.29, 1.82) is 0 Å². The highest BCUT2D eigenvalue weighted by molar-refractivity contribution is 6.33. The largest absolute Gasteiger partial charge is 0.390 e. The fourth-order valence-corrected chi connectivity index (χ4v) is 2.12. The molecule has 0 spiro atoms. The second-order valence-corrected chi connectivity index (χ2v) is 4.97. The third-order valence-corrected chi connectivity index (χ3v) is 3.30. The van der Waals surface area contributed by atoms with Crippen molar-refractivity contribution in [2.75, 3.05) is 6.54 Å². The summed E-state index contributed by atoms with van der Waals surface area (Å²) in [6.07, 6.45) is 1.58. The first-order valence-electron chi connectivity index (χ1n) is 6.62. The molecule has 118 valence electrons. The molecule has 0 saturated heterocycles. The van der Waals surface area contributed by atoms with E-state index in [1.807, 2.05) is 6.92 Å². The lowest BCUT2D eigenvalue weighted by molar-refractivity contribution is -0.389. The number of hydrogen-bond acceptors (Lipinski definition) is 5. The van der Waals surface area contributed by atoms with Gasteiger partial charge in [0.05, 0.1) is 28.4 Å². The van der Waals surface area contributed by atoms with Gasteiger partial charge < -0.3 is 15.4 Å². The highest BCUT2D eigenvalue weighted by Crippen LogP contribution is 2.13. The fourth-order valence-electron chi connectivity index (χ4n) is 1.88. The van der Waals surface area contributed by atoms with Gasteiger partial charge in [-0.15, -0.1) is 0 Å². The molecule has 2 aromatic rings. The number of hydrogen-bond donors (Lipinski definition) is 1. The van der Waals surface area contributed by atoms with Crippen LogP contribution in [0, 0.1) is 17.0 Å². The van der Waals surface area contributed by atoms with E-state index in [2.05, 4.69) is 15.5 Å². The summed E-state index contributed by atoms with van der Waals surface area (Å²) in [5, 5.41) is 21.5. The molecular weight excluding hydrogens is 312 g/mol. The molecule has 0 aliphatic carbocycles. The van der Waals surface area contributed by atoms with E-state index in [-0.39, 0.29) is 23.1 Å². The monoisotopic (exact) mass is 326 g/mol. The Morgan fingerprint density at radius 1 is 1.50 bits per heavy atom. The zero-order valence-corrected chi connectivity index (χ0v) is 12.9. The molecule has 0 unspecified atom stereocenters. The average molecular weight is 327 g/mol. The van der Waals surface area contributed by atoms with Gasteiger partial charge in [0.25, 0.3) is 5.91 Å². The van der Waals surface area contributed by atoms with Crippen LogP contribution in [0.4, 0.5) is 5.82 Å². The Morgan fingerprint density at radius 2 is 2.23 bits per heavy atom. The van der Waals surface area contributed by atoms with Crippen LogP contribution in [-0.4, -0.2) is 36.9 Å². The van der Waals surface area contributed by atoms with E-state index >= 15 is 0 Å². The third-order valence-electron chi connectivity index (χ3n) is 3.02. The first-order valence-corrected chi connectivity index (χ1v) is 7.00. The van der Waals surface area contributed by atoms with Crippen LogP contribution in [0.3, 0.4) is 0 Å². The summed E-state index contributed by atoms with van der Waals surface area (Å²) >= 11 is 5.94. The quantitative estimate of drug-likeness (QED) is 0.637. The van der Waals surface area contributed by atoms with Gasteiger partial charge in [-0.3, -0.25) is 9.48 Å². The van der Waals surface area contributed by atoms with Crippen LogP contribution in [0.5, 0.6) is 0 Å². The Bertz CT molecular complexity index is 708. The maximum Gasteiger partial charge on any atom is 0.390 e. The standard InChI is InChI=1S/C12H15ClN6O3/c1-3-17-7-9(13)11(16-17)12(20)14-4-5-18-8(2)6-10(15-18)19(21)22/h6-7H,3-5H2,1-2H3,(H,14,20). The lowest BCUT2D eigenvalue weighted by Crippen LogP contribution is -2.28. The van der Waals surface area contributed by atoms with Crippen LogP contribution < -0.4 is 5.32 Å². The van der Waals surface area contributed by atoms with E-state index in [4.69, 9.17) is 11.6 Å². The second kappa shape index (κ2) is 6.56. The zero-order valence-electron chi connectivity index (χ0n) is 12.1. The number of nitro groups is 1. The number of aromatic nitrogens is 4. The molecule has 2 rings (SSSR count). The Labute approximate surface area is 131 Å². The average Bonchev–Trinajstić information content (AvgIpc) is 3.02. The molecule has 0 aromatic carbocycles. The number of nitrogens with one attached hydrogen (secondary N) is 1. The number of halogens is 1. The van der Waals surface area contributed by atoms with E-state index in [0.717, 1.165) is 0 Å². The Hall–Kier alpha value is -2.42. The van der Waals surface area contributed by atoms with Gasteiger partial charge in [0.15, 0.2) is 5.69 Å². The van der Waals surface area contributed by atoms with Crippen LogP contribution >= 0.6 is 11.6 Å². The number of carbonyl (C=O) groups excluding carboxylic acids is 1. The minimum atomic E-state index is -0.556. The highest BCUT2D eigenvalue weighted by Gasteiger charge is 2.17. The molecule has 0 fully saturated rings. The van der Waals surface area contributed by atoms with E-state index < -0.39 is 10.8 Å². The van der Waals surface area contributed by atoms with Crippen molar-refractivity contribution in [2.45, 2.75) is 26.9 Å². The lowest BCUT2D eigenvalue weighted by Gasteiger charge is -2.03. The van der Waals surface area contributed by atoms with Crippen LogP contribution in [0.2, 0.25) is 5.02 Å². The second-order valence-electron chi connectivity index (χ2n) is 4.56. The van der Waals surface area contributed by atoms with Crippen molar-refractivity contribution in [3.05, 3.63) is 38.8 Å². The van der Waals surface area contributed by atoms with Gasteiger partial charge in [0.1, 0.15) is 0 Å². The molecule has 2 heterocycles. The van der Waals surface area contributed by atoms with E-state index in [9.17, 15) is 14.9 Å². The number of aryl methyl sites for hydroxylation is 2. The smallest absolute Gasteiger partial charge is 0.358 e. The third kappa shape index (κ3) is 3.42. The topological polar surface area (TPSA) is 108 Å². The Morgan fingerprint density at radius 3 is 2.77 bits per heavy atom. The van der Waals surface area contributed by atoms with E-state index in [1.165, 1.54) is 10.7 Å². The molecule has 2 aromatic heterocycles. The summed E-state index contributed by atoms with van der Waals surface area (Å²) in [7, 11) is 0. The molecule has 0 saturated carbocycles. The van der Waals surface area contributed by atoms with E-state index in [1.54, 1.807) is 17.8 Å². The van der Waals surface area contributed by atoms with E-state index in [0.29, 0.717) is 18.8 Å². The number of carbonyl (C=O) groups is 1. The summed E-state index contributed by atoms with van der Waals surface area (Å²) in [5.41, 5.74) is 0.806. The molecular formula is C12H15ClN6O3. The zero-order chi connectivity index (χ0) is 16.3. The predicted octanol–water partition coefficient (Wildman–Crippen LogP) is 1.40. The molecule has 22 heavy (non-hydrogen) atoms. The van der Waals surface area contributed by atoms with Gasteiger partial charge in [0, 0.05) is 19.3 Å². The summed E-state index contributed by atoms with van der Waals surface area (Å²) in [4.78, 5) is 22.1. The van der Waals surface area contributed by atoms with Crippen LogP contribution in [0.1, 0.15) is 23.1 Å². The van der Waals surface area contributed by atoms with Gasteiger partial charge >= 0.3 is 5.82 Å². The first-order chi connectivity index (χ1) is 10.4. The molecule has 0 aliphatic heterocycles. The molecule has 9 nitrogen and oxygen atoms in total. The predicted molar refractivity (Wildman–Crippen MR) is 78.9 cm³/mol. The van der Waals surface area contributed by atoms with Gasteiger partial charge in [-0.05, 0) is 18.8 Å². The highest BCUT2D eigenvalue weighted by atomic mass is 35.5. The maximum atomic E-state index is 12.0. The molecule has 0 aliphatic rings. The van der Waals surface area contributed by atoms with Gasteiger partial charge in [0.2, 0.25) is 0 Å². The van der Waals surface area contributed by atoms with Crippen molar-refractivity contribution in [3.63, 3.8) is 0 Å². The first kappa shape index (κ1) is 16.0. The Kier molecular flexibility index (Phi) is 4.76. The van der Waals surface area contributed by atoms with Gasteiger partial charge in [-0.1, -0.05) is 11.6 Å². The summed E-state index contributed by atoms with van der Waals surface area (Å²) < 4.78 is 3.03. The number of amides is 1. The van der Waals surface area contributed by atoms with Crippen LogP contribution in [0.25, 0.3) is 0 Å². The molecule has 10 heteroatoms. The van der Waals surface area contributed by atoms with Crippen molar-refractivity contribution >= 4 is 23.3 Å². The summed E-state index contributed by atoms with van der Waals surface area (Å²) in [6.45, 7) is 4.79. The van der Waals surface area contributed by atoms with Gasteiger partial charge in [-0.25, -0.2) is 0 Å². The lowest BCUT2D eigenvalue weighted by atomic mass is 10.4. The molecule has 1 N–H and O–H groups in total. The normalized spacial score (nSPS) is 10.7. The molecule has 0 bridgehead atoms. The Balaban J connectivity index is 1.94. The van der Waals surface area contributed by atoms with Crippen molar-refractivity contribution < 1.29 is 9.72 Å². The summed E-state index contributed by atoms with van der Waals surface area (Å²) in [6, 6.07) is 1.38. The van der Waals surface area contributed by atoms with Crippen molar-refractivity contribution in [2.24, 2.45) is 0 Å². The summed E-state index contributed by atoms with van der Waals surface area (Å²) in [5.74, 6) is -0.606. The van der Waals surface area contributed by atoms with Crippen molar-refractivity contribution in [3.8, 4) is 0 Å². The number of rotatable bonds is 6. The van der Waals surface area contributed by atoms with Gasteiger partial charge in [-0.2, -0.15) is 9.78 Å². The number of nitrogens with zero attached hydrogens (tertiary/aromatic N) is 5. The minimum Gasteiger partial charge on any atom is -0.358 e. The molecule has 0 radical (unpaired) electrons. The SMILES string of the molecule is CCn1cc(Cl)c(C(=O)NCCn2nc([N+](=O)[O-])cc2C)n1. The maximum absolute atomic E-state index is 12.0. The van der Waals surface area contributed by atoms with Crippen LogP contribution in [-0.2, 0) is 13.1 Å². The van der Waals surface area contributed by atoms with Crippen LogP contribution in [0.15, 0.2) is 12.3 Å². The van der Waals surface area contributed by atoms with Crippen molar-refractivity contribution in [1.82, 2.24) is 24.9 Å². The fraction of sp³-hybridized carbons (Fsp3) is 0.417. The molecule has 0 atom stereocenters.